The molecule has 0 aliphatic rings. The van der Waals surface area contributed by atoms with Gasteiger partial charge in [-0.25, -0.2) is 13.1 Å². The monoisotopic (exact) mass is 509 g/mol. The van der Waals surface area contributed by atoms with E-state index in [1.807, 2.05) is 91.0 Å². The molecule has 0 aliphatic carbocycles. The predicted molar refractivity (Wildman–Crippen MR) is 138 cm³/mol. The Morgan fingerprint density at radius 3 is 1.83 bits per heavy atom. The summed E-state index contributed by atoms with van der Waals surface area (Å²) in [6, 6.07) is 25.9. The highest BCUT2D eigenvalue weighted by Crippen LogP contribution is 2.06. The van der Waals surface area contributed by atoms with Crippen LogP contribution in [0.25, 0.3) is 0 Å². The Kier molecular flexibility index (Phi) is 10.2. The van der Waals surface area contributed by atoms with Gasteiger partial charge in [-0.05, 0) is 16.7 Å². The highest BCUT2D eigenvalue weighted by Gasteiger charge is 2.28. The average molecular weight is 510 g/mol. The van der Waals surface area contributed by atoms with Crippen LogP contribution in [0.1, 0.15) is 16.7 Å². The van der Waals surface area contributed by atoms with Gasteiger partial charge in [-0.15, -0.1) is 0 Å². The molecule has 0 aromatic heterocycles. The molecule has 9 heteroatoms. The Morgan fingerprint density at radius 2 is 1.28 bits per heavy atom. The first-order chi connectivity index (χ1) is 17.3. The molecular weight excluding hydrogens is 478 g/mol. The molecule has 0 fully saturated rings. The molecule has 0 aliphatic heterocycles. The van der Waals surface area contributed by atoms with Crippen LogP contribution in [-0.4, -0.2) is 45.2 Å². The first-order valence-electron chi connectivity index (χ1n) is 11.5. The third kappa shape index (κ3) is 9.61. The van der Waals surface area contributed by atoms with E-state index in [-0.39, 0.29) is 25.5 Å². The van der Waals surface area contributed by atoms with Crippen molar-refractivity contribution in [2.24, 2.45) is 0 Å². The maximum absolute atomic E-state index is 13.1. The number of hydrogen-bond donors (Lipinski definition) is 3. The summed E-state index contributed by atoms with van der Waals surface area (Å²) in [6.07, 6.45) is 1.21. The van der Waals surface area contributed by atoms with Gasteiger partial charge in [0, 0.05) is 13.0 Å². The molecule has 0 radical (unpaired) electrons. The maximum atomic E-state index is 13.1. The van der Waals surface area contributed by atoms with Gasteiger partial charge in [-0.1, -0.05) is 91.0 Å². The molecule has 36 heavy (non-hydrogen) atoms. The minimum absolute atomic E-state index is 0.197. The zero-order valence-corrected chi connectivity index (χ0v) is 20.9. The number of nitrogens with one attached hydrogen (secondary N) is 3. The Hall–Kier alpha value is -3.53. The van der Waals surface area contributed by atoms with Crippen LogP contribution in [0.3, 0.4) is 0 Å². The first kappa shape index (κ1) is 27.1. The molecule has 0 unspecified atom stereocenters. The molecule has 3 aromatic carbocycles. The molecule has 0 spiro atoms. The molecule has 2 amide bonds. The largest absolute Gasteiger partial charge is 0.375 e. The van der Waals surface area contributed by atoms with Crippen molar-refractivity contribution in [2.45, 2.75) is 31.7 Å². The molecule has 3 aromatic rings. The number of amides is 2. The van der Waals surface area contributed by atoms with Crippen LogP contribution < -0.4 is 15.4 Å². The van der Waals surface area contributed by atoms with Crippen molar-refractivity contribution in [3.05, 3.63) is 108 Å². The molecule has 190 valence electrons. The van der Waals surface area contributed by atoms with Crippen molar-refractivity contribution in [1.82, 2.24) is 15.4 Å². The minimum atomic E-state index is -3.72. The summed E-state index contributed by atoms with van der Waals surface area (Å²) in [5, 5.41) is 5.57. The third-order valence-electron chi connectivity index (χ3n) is 5.29. The molecule has 3 rings (SSSR count). The van der Waals surface area contributed by atoms with Crippen LogP contribution in [0.2, 0.25) is 0 Å². The lowest BCUT2D eigenvalue weighted by atomic mass is 10.0. The molecular formula is C27H31N3O5S. The molecule has 8 nitrogen and oxygen atoms in total. The van der Waals surface area contributed by atoms with E-state index in [9.17, 15) is 18.0 Å². The summed E-state index contributed by atoms with van der Waals surface area (Å²) in [4.78, 5) is 26.2. The Morgan fingerprint density at radius 1 is 0.750 bits per heavy atom. The minimum Gasteiger partial charge on any atom is -0.375 e. The summed E-state index contributed by atoms with van der Waals surface area (Å²) >= 11 is 0. The van der Waals surface area contributed by atoms with E-state index < -0.39 is 28.0 Å². The predicted octanol–water partition coefficient (Wildman–Crippen LogP) is 2.16. The summed E-state index contributed by atoms with van der Waals surface area (Å²) in [7, 11) is -3.72. The molecule has 0 heterocycles. The fourth-order valence-electron chi connectivity index (χ4n) is 3.53. The van der Waals surface area contributed by atoms with Crippen molar-refractivity contribution >= 4 is 21.8 Å². The van der Waals surface area contributed by atoms with Crippen LogP contribution >= 0.6 is 0 Å². The number of sulfonamides is 1. The fourth-order valence-corrected chi connectivity index (χ4v) is 4.22. The zero-order valence-electron chi connectivity index (χ0n) is 20.1. The third-order valence-corrected chi connectivity index (χ3v) is 6.01. The van der Waals surface area contributed by atoms with Crippen molar-refractivity contribution in [2.75, 3.05) is 12.9 Å². The smallest absolute Gasteiger partial charge is 0.243 e. The number of rotatable bonds is 13. The first-order valence-corrected chi connectivity index (χ1v) is 13.4. The quantitative estimate of drug-likeness (QED) is 0.327. The van der Waals surface area contributed by atoms with Gasteiger partial charge < -0.3 is 15.4 Å². The Balaban J connectivity index is 1.69. The zero-order chi connectivity index (χ0) is 25.8. The highest BCUT2D eigenvalue weighted by molar-refractivity contribution is 7.88. The van der Waals surface area contributed by atoms with E-state index in [1.165, 1.54) is 0 Å². The lowest BCUT2D eigenvalue weighted by molar-refractivity contribution is -0.130. The van der Waals surface area contributed by atoms with Crippen LogP contribution in [-0.2, 0) is 43.9 Å². The van der Waals surface area contributed by atoms with Gasteiger partial charge in [0.2, 0.25) is 21.8 Å². The summed E-state index contributed by atoms with van der Waals surface area (Å²) < 4.78 is 31.8. The topological polar surface area (TPSA) is 114 Å². The van der Waals surface area contributed by atoms with Crippen LogP contribution in [0.5, 0.6) is 0 Å². The molecule has 0 bridgehead atoms. The van der Waals surface area contributed by atoms with Crippen molar-refractivity contribution in [1.29, 1.82) is 0 Å². The number of hydrogen-bond acceptors (Lipinski definition) is 5. The number of benzene rings is 3. The van der Waals surface area contributed by atoms with E-state index >= 15 is 0 Å². The van der Waals surface area contributed by atoms with Gasteiger partial charge in [0.1, 0.15) is 12.1 Å². The number of carbonyl (C=O) groups excluding carboxylic acids is 2. The van der Waals surface area contributed by atoms with Gasteiger partial charge in [0.15, 0.2) is 0 Å². The van der Waals surface area contributed by atoms with Gasteiger partial charge in [-0.3, -0.25) is 9.59 Å². The van der Waals surface area contributed by atoms with Crippen molar-refractivity contribution in [3.63, 3.8) is 0 Å². The molecule has 3 N–H and O–H groups in total. The second kappa shape index (κ2) is 13.5. The van der Waals surface area contributed by atoms with Crippen LogP contribution in [0, 0.1) is 0 Å². The van der Waals surface area contributed by atoms with Gasteiger partial charge >= 0.3 is 0 Å². The Bertz CT molecular complexity index is 1210. The fraction of sp³-hybridized carbons (Fsp3) is 0.259. The van der Waals surface area contributed by atoms with Crippen molar-refractivity contribution < 1.29 is 22.7 Å². The average Bonchev–Trinajstić information content (AvgIpc) is 2.87. The van der Waals surface area contributed by atoms with Crippen molar-refractivity contribution in [3.8, 4) is 0 Å². The molecule has 0 saturated heterocycles. The normalized spacial score (nSPS) is 12.9. The Labute approximate surface area is 212 Å². The van der Waals surface area contributed by atoms with E-state index in [2.05, 4.69) is 15.4 Å². The SMILES string of the molecule is CS(=O)(=O)N[C@H](COCc1ccccc1)C(=O)N[C@@H](Cc1ccccc1)C(=O)NCc1ccccc1. The van der Waals surface area contributed by atoms with E-state index in [0.29, 0.717) is 6.54 Å². The van der Waals surface area contributed by atoms with Gasteiger partial charge in [0.25, 0.3) is 0 Å². The van der Waals surface area contributed by atoms with Gasteiger partial charge in [0.05, 0.1) is 19.5 Å². The van der Waals surface area contributed by atoms with Gasteiger partial charge in [-0.2, -0.15) is 0 Å². The molecule has 2 atom stereocenters. The van der Waals surface area contributed by atoms with E-state index in [0.717, 1.165) is 22.9 Å². The lowest BCUT2D eigenvalue weighted by Gasteiger charge is -2.23. The number of ether oxygens (including phenoxy) is 1. The molecule has 0 saturated carbocycles. The van der Waals surface area contributed by atoms with E-state index in [1.54, 1.807) is 0 Å². The van der Waals surface area contributed by atoms with Crippen LogP contribution in [0.15, 0.2) is 91.0 Å². The highest BCUT2D eigenvalue weighted by atomic mass is 32.2. The summed E-state index contributed by atoms with van der Waals surface area (Å²) in [5.41, 5.74) is 2.66. The second-order valence-electron chi connectivity index (χ2n) is 8.40. The maximum Gasteiger partial charge on any atom is 0.243 e. The summed E-state index contributed by atoms with van der Waals surface area (Å²) in [6.45, 7) is 0.310. The summed E-state index contributed by atoms with van der Waals surface area (Å²) in [5.74, 6) is -1.02. The standard InChI is InChI=1S/C27H31N3O5S/c1-36(33,34)30-25(20-35-19-23-15-9-4-10-16-23)27(32)29-24(17-21-11-5-2-6-12-21)26(31)28-18-22-13-7-3-8-14-22/h2-16,24-25,30H,17-20H2,1H3,(H,28,31)(H,29,32)/t24-,25+/m0/s1. The number of carbonyl (C=O) groups is 2. The van der Waals surface area contributed by atoms with E-state index in [4.69, 9.17) is 4.74 Å². The van der Waals surface area contributed by atoms with Crippen LogP contribution in [0.4, 0.5) is 0 Å². The lowest BCUT2D eigenvalue weighted by Crippen LogP contribution is -2.55. The second-order valence-corrected chi connectivity index (χ2v) is 10.2.